The van der Waals surface area contributed by atoms with E-state index >= 15 is 0 Å². The first kappa shape index (κ1) is 14.1. The molecule has 1 heterocycles. The summed E-state index contributed by atoms with van der Waals surface area (Å²) < 4.78 is 6.85. The van der Waals surface area contributed by atoms with Gasteiger partial charge in [-0.05, 0) is 6.42 Å². The molecule has 0 amide bonds. The first-order valence-corrected chi connectivity index (χ1v) is 6.99. The monoisotopic (exact) mass is 256 g/mol. The molecule has 0 radical (unpaired) electrons. The predicted octanol–water partition coefficient (Wildman–Crippen LogP) is 2.34. The average molecular weight is 256 g/mol. The Morgan fingerprint density at radius 1 is 1.65 bits per heavy atom. The molecule has 96 valence electrons. The Bertz CT molecular complexity index is 352. The third kappa shape index (κ3) is 4.42. The molecule has 0 bridgehead atoms. The molecule has 0 fully saturated rings. The number of methoxy groups -OCH3 is 1. The SMILES string of the molecule is CCCn1cncc1CSCC(C)C(=O)OC. The van der Waals surface area contributed by atoms with Crippen LogP contribution in [0.15, 0.2) is 12.5 Å². The maximum Gasteiger partial charge on any atom is 0.309 e. The Hall–Kier alpha value is -0.970. The normalized spacial score (nSPS) is 12.4. The number of rotatable bonds is 7. The summed E-state index contributed by atoms with van der Waals surface area (Å²) in [5.74, 6) is 1.48. The second kappa shape index (κ2) is 7.37. The minimum Gasteiger partial charge on any atom is -0.469 e. The summed E-state index contributed by atoms with van der Waals surface area (Å²) in [6, 6.07) is 0. The third-order valence-corrected chi connectivity index (χ3v) is 3.72. The molecule has 0 aromatic carbocycles. The van der Waals surface area contributed by atoms with Crippen molar-refractivity contribution >= 4 is 17.7 Å². The van der Waals surface area contributed by atoms with Gasteiger partial charge in [-0.25, -0.2) is 4.98 Å². The maximum absolute atomic E-state index is 11.2. The number of nitrogens with zero attached hydrogens (tertiary/aromatic N) is 2. The van der Waals surface area contributed by atoms with Crippen LogP contribution < -0.4 is 0 Å². The van der Waals surface area contributed by atoms with Crippen molar-refractivity contribution in [3.63, 3.8) is 0 Å². The molecule has 0 aliphatic carbocycles. The van der Waals surface area contributed by atoms with Crippen LogP contribution in [0.4, 0.5) is 0 Å². The molecule has 4 nitrogen and oxygen atoms in total. The van der Waals surface area contributed by atoms with Crippen molar-refractivity contribution in [3.05, 3.63) is 18.2 Å². The van der Waals surface area contributed by atoms with E-state index in [4.69, 9.17) is 4.74 Å². The molecule has 1 aromatic rings. The number of hydrogen-bond donors (Lipinski definition) is 0. The number of imidazole rings is 1. The van der Waals surface area contributed by atoms with Crippen molar-refractivity contribution in [2.45, 2.75) is 32.6 Å². The lowest BCUT2D eigenvalue weighted by molar-refractivity contribution is -0.143. The average Bonchev–Trinajstić information content (AvgIpc) is 2.76. The van der Waals surface area contributed by atoms with Crippen LogP contribution in [0.1, 0.15) is 26.0 Å². The van der Waals surface area contributed by atoms with Gasteiger partial charge in [0.1, 0.15) is 0 Å². The van der Waals surface area contributed by atoms with Crippen LogP contribution in [0.3, 0.4) is 0 Å². The van der Waals surface area contributed by atoms with Crippen LogP contribution in [0.25, 0.3) is 0 Å². The van der Waals surface area contributed by atoms with Gasteiger partial charge in [-0.3, -0.25) is 4.79 Å². The van der Waals surface area contributed by atoms with Crippen LogP contribution in [-0.4, -0.2) is 28.4 Å². The molecule has 1 atom stereocenters. The summed E-state index contributed by atoms with van der Waals surface area (Å²) in [6.07, 6.45) is 4.86. The molecule has 0 spiro atoms. The highest BCUT2D eigenvalue weighted by Gasteiger charge is 2.13. The first-order chi connectivity index (χ1) is 8.19. The summed E-state index contributed by atoms with van der Waals surface area (Å²) in [7, 11) is 1.43. The molecule has 5 heteroatoms. The molecule has 17 heavy (non-hydrogen) atoms. The van der Waals surface area contributed by atoms with Gasteiger partial charge in [0.25, 0.3) is 0 Å². The fourth-order valence-corrected chi connectivity index (χ4v) is 2.58. The van der Waals surface area contributed by atoms with Gasteiger partial charge in [-0.2, -0.15) is 11.8 Å². The number of aromatic nitrogens is 2. The third-order valence-electron chi connectivity index (χ3n) is 2.48. The number of thioether (sulfide) groups is 1. The topological polar surface area (TPSA) is 44.1 Å². The fraction of sp³-hybridized carbons (Fsp3) is 0.667. The van der Waals surface area contributed by atoms with Crippen LogP contribution in [0, 0.1) is 5.92 Å². The molecule has 0 saturated heterocycles. The van der Waals surface area contributed by atoms with Crippen LogP contribution in [0.2, 0.25) is 0 Å². The van der Waals surface area contributed by atoms with E-state index in [-0.39, 0.29) is 11.9 Å². The Kier molecular flexibility index (Phi) is 6.11. The van der Waals surface area contributed by atoms with Crippen molar-refractivity contribution in [2.75, 3.05) is 12.9 Å². The zero-order chi connectivity index (χ0) is 12.7. The fourth-order valence-electron chi connectivity index (χ4n) is 1.52. The van der Waals surface area contributed by atoms with Gasteiger partial charge in [0.2, 0.25) is 0 Å². The smallest absolute Gasteiger partial charge is 0.309 e. The van der Waals surface area contributed by atoms with Crippen molar-refractivity contribution in [1.82, 2.24) is 9.55 Å². The maximum atomic E-state index is 11.2. The summed E-state index contributed by atoms with van der Waals surface area (Å²) >= 11 is 1.74. The van der Waals surface area contributed by atoms with E-state index in [0.29, 0.717) is 0 Å². The van der Waals surface area contributed by atoms with Gasteiger partial charge in [0, 0.05) is 29.9 Å². The van der Waals surface area contributed by atoms with Crippen molar-refractivity contribution in [3.8, 4) is 0 Å². The quantitative estimate of drug-likeness (QED) is 0.702. The highest BCUT2D eigenvalue weighted by molar-refractivity contribution is 7.98. The van der Waals surface area contributed by atoms with E-state index in [1.54, 1.807) is 11.8 Å². The van der Waals surface area contributed by atoms with Gasteiger partial charge in [0.05, 0.1) is 19.4 Å². The highest BCUT2D eigenvalue weighted by atomic mass is 32.2. The molecular weight excluding hydrogens is 236 g/mol. The van der Waals surface area contributed by atoms with Gasteiger partial charge in [0.15, 0.2) is 0 Å². The summed E-state index contributed by atoms with van der Waals surface area (Å²) in [5.41, 5.74) is 1.22. The lowest BCUT2D eigenvalue weighted by atomic mass is 10.2. The second-order valence-electron chi connectivity index (χ2n) is 4.02. The number of aryl methyl sites for hydroxylation is 1. The van der Waals surface area contributed by atoms with Crippen LogP contribution in [0.5, 0.6) is 0 Å². The lowest BCUT2D eigenvalue weighted by Gasteiger charge is -2.09. The van der Waals surface area contributed by atoms with Gasteiger partial charge in [-0.15, -0.1) is 0 Å². The number of hydrogen-bond acceptors (Lipinski definition) is 4. The van der Waals surface area contributed by atoms with E-state index < -0.39 is 0 Å². The van der Waals surface area contributed by atoms with Crippen molar-refractivity contribution in [2.24, 2.45) is 5.92 Å². The second-order valence-corrected chi connectivity index (χ2v) is 5.05. The minimum absolute atomic E-state index is 0.0486. The Balaban J connectivity index is 2.35. The molecule has 1 aromatic heterocycles. The molecule has 1 unspecified atom stereocenters. The van der Waals surface area contributed by atoms with E-state index in [0.717, 1.165) is 24.5 Å². The van der Waals surface area contributed by atoms with Crippen molar-refractivity contribution in [1.29, 1.82) is 0 Å². The molecular formula is C12H20N2O2S. The Labute approximate surface area is 107 Å². The van der Waals surface area contributed by atoms with E-state index in [9.17, 15) is 4.79 Å². The highest BCUT2D eigenvalue weighted by Crippen LogP contribution is 2.16. The number of carbonyl (C=O) groups excluding carboxylic acids is 1. The molecule has 0 aliphatic rings. The van der Waals surface area contributed by atoms with Crippen LogP contribution >= 0.6 is 11.8 Å². The number of esters is 1. The Morgan fingerprint density at radius 2 is 2.41 bits per heavy atom. The standard InChI is InChI=1S/C12H20N2O2S/c1-4-5-14-9-13-6-11(14)8-17-7-10(2)12(15)16-3/h6,9-10H,4-5,7-8H2,1-3H3. The van der Waals surface area contributed by atoms with E-state index in [1.165, 1.54) is 12.8 Å². The zero-order valence-corrected chi connectivity index (χ0v) is 11.5. The molecule has 1 rings (SSSR count). The summed E-state index contributed by atoms with van der Waals surface area (Å²) in [4.78, 5) is 15.4. The summed E-state index contributed by atoms with van der Waals surface area (Å²) in [6.45, 7) is 5.04. The van der Waals surface area contributed by atoms with Crippen molar-refractivity contribution < 1.29 is 9.53 Å². The first-order valence-electron chi connectivity index (χ1n) is 5.83. The van der Waals surface area contributed by atoms with Gasteiger partial charge >= 0.3 is 5.97 Å². The molecule has 0 N–H and O–H groups in total. The zero-order valence-electron chi connectivity index (χ0n) is 10.7. The van der Waals surface area contributed by atoms with Crippen LogP contribution in [-0.2, 0) is 21.8 Å². The Morgan fingerprint density at radius 3 is 3.06 bits per heavy atom. The molecule has 0 saturated carbocycles. The largest absolute Gasteiger partial charge is 0.469 e. The van der Waals surface area contributed by atoms with E-state index in [2.05, 4.69) is 16.5 Å². The number of carbonyl (C=O) groups is 1. The lowest BCUT2D eigenvalue weighted by Crippen LogP contribution is -2.15. The van der Waals surface area contributed by atoms with Gasteiger partial charge < -0.3 is 9.30 Å². The summed E-state index contributed by atoms with van der Waals surface area (Å²) in [5, 5.41) is 0. The predicted molar refractivity (Wildman–Crippen MR) is 69.9 cm³/mol. The minimum atomic E-state index is -0.139. The van der Waals surface area contributed by atoms with E-state index in [1.807, 2.05) is 19.4 Å². The molecule has 0 aliphatic heterocycles. The van der Waals surface area contributed by atoms with Gasteiger partial charge in [-0.1, -0.05) is 13.8 Å². The number of ether oxygens (including phenoxy) is 1.